The highest BCUT2D eigenvalue weighted by molar-refractivity contribution is 5.08. The third-order valence-corrected chi connectivity index (χ3v) is 3.86. The van der Waals surface area contributed by atoms with Crippen molar-refractivity contribution in [1.82, 2.24) is 0 Å². The Morgan fingerprint density at radius 3 is 2.36 bits per heavy atom. The largest absolute Gasteiger partial charge is 0.390 e. The minimum absolute atomic E-state index is 0.0103. The molecule has 1 heteroatoms. The van der Waals surface area contributed by atoms with E-state index in [2.05, 4.69) is 19.9 Å². The summed E-state index contributed by atoms with van der Waals surface area (Å²) >= 11 is 0. The lowest BCUT2D eigenvalue weighted by Gasteiger charge is -2.37. The molecular formula is C13H24O. The summed E-state index contributed by atoms with van der Waals surface area (Å²) in [7, 11) is 0. The molecule has 0 saturated heterocycles. The van der Waals surface area contributed by atoms with Crippen LogP contribution in [0.4, 0.5) is 0 Å². The molecule has 0 aromatic carbocycles. The molecule has 0 fully saturated rings. The topological polar surface area (TPSA) is 20.2 Å². The summed E-state index contributed by atoms with van der Waals surface area (Å²) < 4.78 is 0. The molecule has 0 heterocycles. The van der Waals surface area contributed by atoms with Gasteiger partial charge in [0.25, 0.3) is 0 Å². The normalized spacial score (nSPS) is 18.5. The van der Waals surface area contributed by atoms with E-state index in [9.17, 15) is 5.11 Å². The molecule has 0 aromatic rings. The van der Waals surface area contributed by atoms with Gasteiger partial charge in [0.05, 0.1) is 5.60 Å². The molecule has 0 radical (unpaired) electrons. The minimum Gasteiger partial charge on any atom is -0.390 e. The highest BCUT2D eigenvalue weighted by Gasteiger charge is 2.34. The first-order valence-corrected chi connectivity index (χ1v) is 5.73. The van der Waals surface area contributed by atoms with Crippen molar-refractivity contribution < 1.29 is 5.11 Å². The van der Waals surface area contributed by atoms with Gasteiger partial charge in [-0.05, 0) is 51.4 Å². The van der Waals surface area contributed by atoms with Crippen LogP contribution in [-0.2, 0) is 0 Å². The Labute approximate surface area is 88.2 Å². The number of hydrogen-bond donors (Lipinski definition) is 1. The number of hydrogen-bond acceptors (Lipinski definition) is 1. The third-order valence-electron chi connectivity index (χ3n) is 3.86. The fourth-order valence-corrected chi connectivity index (χ4v) is 1.74. The van der Waals surface area contributed by atoms with Gasteiger partial charge in [-0.1, -0.05) is 25.5 Å². The van der Waals surface area contributed by atoms with E-state index in [1.54, 1.807) is 5.57 Å². The van der Waals surface area contributed by atoms with Crippen LogP contribution in [0.3, 0.4) is 0 Å². The fraction of sp³-hybridized carbons (Fsp3) is 0.846. The Morgan fingerprint density at radius 1 is 1.29 bits per heavy atom. The zero-order chi connectivity index (χ0) is 10.8. The van der Waals surface area contributed by atoms with Crippen LogP contribution in [0.2, 0.25) is 0 Å². The van der Waals surface area contributed by atoms with Crippen LogP contribution < -0.4 is 0 Å². The van der Waals surface area contributed by atoms with Crippen LogP contribution in [0, 0.1) is 5.41 Å². The van der Waals surface area contributed by atoms with Gasteiger partial charge in [0.2, 0.25) is 0 Å². The maximum absolute atomic E-state index is 10.00. The SMILES string of the molecule is CC(C)(O)C(C)(C)CCC1=CCCC1. The predicted octanol–water partition coefficient (Wildman–Crippen LogP) is 3.67. The first-order valence-electron chi connectivity index (χ1n) is 5.73. The van der Waals surface area contributed by atoms with Crippen molar-refractivity contribution in [2.45, 2.75) is 65.4 Å². The van der Waals surface area contributed by atoms with Crippen LogP contribution in [0.25, 0.3) is 0 Å². The number of allylic oxidation sites excluding steroid dienone is 2. The molecule has 1 aliphatic carbocycles. The van der Waals surface area contributed by atoms with Crippen LogP contribution in [0.5, 0.6) is 0 Å². The van der Waals surface area contributed by atoms with Crippen molar-refractivity contribution in [2.75, 3.05) is 0 Å². The van der Waals surface area contributed by atoms with E-state index >= 15 is 0 Å². The highest BCUT2D eigenvalue weighted by Crippen LogP contribution is 2.37. The van der Waals surface area contributed by atoms with Crippen LogP contribution >= 0.6 is 0 Å². The molecule has 1 aliphatic rings. The molecular weight excluding hydrogens is 172 g/mol. The molecule has 0 saturated carbocycles. The average molecular weight is 196 g/mol. The van der Waals surface area contributed by atoms with Crippen molar-refractivity contribution in [3.8, 4) is 0 Å². The minimum atomic E-state index is -0.577. The summed E-state index contributed by atoms with van der Waals surface area (Å²) in [4.78, 5) is 0. The van der Waals surface area contributed by atoms with E-state index in [4.69, 9.17) is 0 Å². The molecule has 0 bridgehead atoms. The Kier molecular flexibility index (Phi) is 3.41. The smallest absolute Gasteiger partial charge is 0.0642 e. The average Bonchev–Trinajstić information content (AvgIpc) is 2.50. The van der Waals surface area contributed by atoms with Gasteiger partial charge in [-0.2, -0.15) is 0 Å². The maximum Gasteiger partial charge on any atom is 0.0642 e. The molecule has 0 aliphatic heterocycles. The molecule has 0 aromatic heterocycles. The van der Waals surface area contributed by atoms with Crippen molar-refractivity contribution in [3.05, 3.63) is 11.6 Å². The van der Waals surface area contributed by atoms with Gasteiger partial charge in [0, 0.05) is 0 Å². The van der Waals surface area contributed by atoms with E-state index in [0.717, 1.165) is 12.8 Å². The van der Waals surface area contributed by atoms with Gasteiger partial charge in [-0.15, -0.1) is 0 Å². The molecule has 1 N–H and O–H groups in total. The van der Waals surface area contributed by atoms with Crippen LogP contribution in [0.15, 0.2) is 11.6 Å². The molecule has 82 valence electrons. The second-order valence-corrected chi connectivity index (χ2v) is 5.70. The van der Waals surface area contributed by atoms with E-state index in [0.29, 0.717) is 0 Å². The van der Waals surface area contributed by atoms with Gasteiger partial charge in [0.1, 0.15) is 0 Å². The molecule has 0 spiro atoms. The molecule has 0 atom stereocenters. The summed E-state index contributed by atoms with van der Waals surface area (Å²) in [6, 6.07) is 0. The van der Waals surface area contributed by atoms with Crippen LogP contribution in [-0.4, -0.2) is 10.7 Å². The van der Waals surface area contributed by atoms with Gasteiger partial charge < -0.3 is 5.11 Å². The zero-order valence-corrected chi connectivity index (χ0v) is 10.1. The third kappa shape index (κ3) is 2.84. The van der Waals surface area contributed by atoms with E-state index in [1.165, 1.54) is 19.3 Å². The van der Waals surface area contributed by atoms with Gasteiger partial charge in [0.15, 0.2) is 0 Å². The quantitative estimate of drug-likeness (QED) is 0.680. The summed E-state index contributed by atoms with van der Waals surface area (Å²) in [6.45, 7) is 8.14. The lowest BCUT2D eigenvalue weighted by Crippen LogP contribution is -2.38. The predicted molar refractivity (Wildman–Crippen MR) is 61.2 cm³/mol. The van der Waals surface area contributed by atoms with Crippen molar-refractivity contribution in [2.24, 2.45) is 5.41 Å². The van der Waals surface area contributed by atoms with E-state index in [1.807, 2.05) is 13.8 Å². The first kappa shape index (κ1) is 11.8. The lowest BCUT2D eigenvalue weighted by atomic mass is 9.73. The molecule has 14 heavy (non-hydrogen) atoms. The molecule has 0 amide bonds. The lowest BCUT2D eigenvalue weighted by molar-refractivity contribution is -0.0391. The van der Waals surface area contributed by atoms with Crippen LogP contribution in [0.1, 0.15) is 59.8 Å². The van der Waals surface area contributed by atoms with Gasteiger partial charge >= 0.3 is 0 Å². The molecule has 0 unspecified atom stereocenters. The van der Waals surface area contributed by atoms with Crippen molar-refractivity contribution >= 4 is 0 Å². The summed E-state index contributed by atoms with van der Waals surface area (Å²) in [6.07, 6.45) is 8.50. The number of aliphatic hydroxyl groups is 1. The number of rotatable bonds is 4. The Balaban J connectivity index is 2.43. The van der Waals surface area contributed by atoms with Crippen molar-refractivity contribution in [3.63, 3.8) is 0 Å². The molecule has 1 nitrogen and oxygen atoms in total. The monoisotopic (exact) mass is 196 g/mol. The Bertz CT molecular complexity index is 218. The molecule has 1 rings (SSSR count). The maximum atomic E-state index is 10.00. The second kappa shape index (κ2) is 4.06. The first-order chi connectivity index (χ1) is 6.33. The zero-order valence-electron chi connectivity index (χ0n) is 10.1. The summed E-state index contributed by atoms with van der Waals surface area (Å²) in [5.41, 5.74) is 1.03. The van der Waals surface area contributed by atoms with Gasteiger partial charge in [-0.3, -0.25) is 0 Å². The standard InChI is InChI=1S/C13H24O/c1-12(2,13(3,4)14)10-9-11-7-5-6-8-11/h7,14H,5-6,8-10H2,1-4H3. The second-order valence-electron chi connectivity index (χ2n) is 5.70. The van der Waals surface area contributed by atoms with Gasteiger partial charge in [-0.25, -0.2) is 0 Å². The fourth-order valence-electron chi connectivity index (χ4n) is 1.74. The highest BCUT2D eigenvalue weighted by atomic mass is 16.3. The van der Waals surface area contributed by atoms with E-state index < -0.39 is 5.60 Å². The summed E-state index contributed by atoms with van der Waals surface area (Å²) in [5.74, 6) is 0. The van der Waals surface area contributed by atoms with E-state index in [-0.39, 0.29) is 5.41 Å². The summed E-state index contributed by atoms with van der Waals surface area (Å²) in [5, 5.41) is 10.00. The Hall–Kier alpha value is -0.300. The van der Waals surface area contributed by atoms with Crippen molar-refractivity contribution in [1.29, 1.82) is 0 Å². The Morgan fingerprint density at radius 2 is 1.93 bits per heavy atom.